The highest BCUT2D eigenvalue weighted by Crippen LogP contribution is 2.23. The molecule has 0 bridgehead atoms. The molecule has 90 valence electrons. The van der Waals surface area contributed by atoms with E-state index < -0.39 is 5.97 Å². The molecule has 1 atom stereocenters. The van der Waals surface area contributed by atoms with Crippen molar-refractivity contribution in [1.29, 1.82) is 0 Å². The van der Waals surface area contributed by atoms with Crippen molar-refractivity contribution >= 4 is 11.8 Å². The molecule has 0 saturated carbocycles. The number of hydrogen-bond donors (Lipinski definition) is 1. The second-order valence-electron chi connectivity index (χ2n) is 3.89. The highest BCUT2D eigenvalue weighted by Gasteiger charge is 2.21. The third kappa shape index (κ3) is 2.18. The van der Waals surface area contributed by atoms with E-state index >= 15 is 0 Å². The summed E-state index contributed by atoms with van der Waals surface area (Å²) in [5.41, 5.74) is 6.12. The lowest BCUT2D eigenvalue weighted by atomic mass is 10.2. The Morgan fingerprint density at radius 1 is 1.62 bits per heavy atom. The van der Waals surface area contributed by atoms with Crippen molar-refractivity contribution in [2.24, 2.45) is 0 Å². The number of aromatic nitrogens is 2. The van der Waals surface area contributed by atoms with Gasteiger partial charge in [0.1, 0.15) is 11.6 Å². The Morgan fingerprint density at radius 3 is 2.75 bits per heavy atom. The normalized spacial score (nSPS) is 12.5. The molecule has 5 heteroatoms. The largest absolute Gasteiger partial charge is 0.464 e. The van der Waals surface area contributed by atoms with Crippen LogP contribution in [0.25, 0.3) is 0 Å². The zero-order valence-corrected chi connectivity index (χ0v) is 10.3. The summed E-state index contributed by atoms with van der Waals surface area (Å²) in [6.45, 7) is 6.02. The van der Waals surface area contributed by atoms with Gasteiger partial charge >= 0.3 is 5.97 Å². The van der Waals surface area contributed by atoms with Gasteiger partial charge in [-0.1, -0.05) is 13.3 Å². The smallest absolute Gasteiger partial charge is 0.360 e. The Kier molecular flexibility index (Phi) is 3.93. The number of nitrogen functional groups attached to an aromatic ring is 1. The Bertz CT molecular complexity index is 385. The number of esters is 1. The van der Waals surface area contributed by atoms with Crippen molar-refractivity contribution in [1.82, 2.24) is 9.55 Å². The van der Waals surface area contributed by atoms with E-state index in [0.717, 1.165) is 18.7 Å². The maximum Gasteiger partial charge on any atom is 0.360 e. The van der Waals surface area contributed by atoms with Gasteiger partial charge in [-0.25, -0.2) is 9.78 Å². The van der Waals surface area contributed by atoms with Gasteiger partial charge < -0.3 is 15.0 Å². The molecule has 1 unspecified atom stereocenters. The van der Waals surface area contributed by atoms with Gasteiger partial charge in [-0.2, -0.15) is 0 Å². The summed E-state index contributed by atoms with van der Waals surface area (Å²) < 4.78 is 6.52. The summed E-state index contributed by atoms with van der Waals surface area (Å²) in [6.07, 6.45) is 2.06. The Hall–Kier alpha value is -1.52. The van der Waals surface area contributed by atoms with Gasteiger partial charge in [-0.05, 0) is 20.3 Å². The van der Waals surface area contributed by atoms with E-state index in [-0.39, 0.29) is 11.7 Å². The highest BCUT2D eigenvalue weighted by atomic mass is 16.5. The number of nitrogens with zero attached hydrogens (tertiary/aromatic N) is 2. The van der Waals surface area contributed by atoms with Gasteiger partial charge in [0.2, 0.25) is 0 Å². The van der Waals surface area contributed by atoms with Gasteiger partial charge in [-0.15, -0.1) is 0 Å². The molecule has 1 heterocycles. The van der Waals surface area contributed by atoms with Gasteiger partial charge in [0.05, 0.1) is 7.11 Å². The lowest BCUT2D eigenvalue weighted by molar-refractivity contribution is 0.0595. The van der Waals surface area contributed by atoms with Crippen LogP contribution in [0.4, 0.5) is 5.82 Å². The number of nitrogens with two attached hydrogens (primary N) is 1. The Morgan fingerprint density at radius 2 is 2.25 bits per heavy atom. The first-order chi connectivity index (χ1) is 7.52. The predicted molar refractivity (Wildman–Crippen MR) is 62.3 cm³/mol. The molecular formula is C11H19N3O2. The number of imidazole rings is 1. The average molecular weight is 225 g/mol. The van der Waals surface area contributed by atoms with Crippen molar-refractivity contribution in [3.8, 4) is 0 Å². The topological polar surface area (TPSA) is 70.1 Å². The van der Waals surface area contributed by atoms with E-state index in [1.807, 2.05) is 11.5 Å². The van der Waals surface area contributed by atoms with E-state index in [1.54, 1.807) is 0 Å². The zero-order valence-electron chi connectivity index (χ0n) is 10.3. The molecule has 0 aliphatic carbocycles. The fraction of sp³-hybridized carbons (Fsp3) is 0.636. The van der Waals surface area contributed by atoms with Crippen LogP contribution in [-0.4, -0.2) is 22.6 Å². The lowest BCUT2D eigenvalue weighted by Crippen LogP contribution is -2.12. The van der Waals surface area contributed by atoms with Crippen LogP contribution in [0, 0.1) is 6.92 Å². The first kappa shape index (κ1) is 12.5. The summed E-state index contributed by atoms with van der Waals surface area (Å²) in [5, 5.41) is 0. The second-order valence-corrected chi connectivity index (χ2v) is 3.89. The summed E-state index contributed by atoms with van der Waals surface area (Å²) in [4.78, 5) is 15.5. The molecule has 16 heavy (non-hydrogen) atoms. The van der Waals surface area contributed by atoms with Crippen molar-refractivity contribution < 1.29 is 9.53 Å². The maximum atomic E-state index is 11.4. The molecule has 0 aliphatic rings. The number of carbonyl (C=O) groups is 1. The molecule has 1 aromatic rings. The first-order valence-electron chi connectivity index (χ1n) is 5.45. The summed E-state index contributed by atoms with van der Waals surface area (Å²) >= 11 is 0. The number of aryl methyl sites for hydroxylation is 1. The average Bonchev–Trinajstić information content (AvgIpc) is 2.53. The number of anilines is 1. The zero-order chi connectivity index (χ0) is 12.3. The number of ether oxygens (including phenoxy) is 1. The van der Waals surface area contributed by atoms with Gasteiger partial charge in [0.15, 0.2) is 5.69 Å². The van der Waals surface area contributed by atoms with Crippen LogP contribution in [0.5, 0.6) is 0 Å². The molecule has 0 aromatic carbocycles. The number of hydrogen-bond acceptors (Lipinski definition) is 4. The molecule has 0 saturated heterocycles. The quantitative estimate of drug-likeness (QED) is 0.795. The maximum absolute atomic E-state index is 11.4. The van der Waals surface area contributed by atoms with E-state index in [4.69, 9.17) is 5.73 Å². The van der Waals surface area contributed by atoms with Crippen LogP contribution in [0.15, 0.2) is 0 Å². The fourth-order valence-corrected chi connectivity index (χ4v) is 1.91. The summed E-state index contributed by atoms with van der Waals surface area (Å²) in [5.74, 6) is 0.659. The van der Waals surface area contributed by atoms with Crippen LogP contribution >= 0.6 is 0 Å². The Labute approximate surface area is 95.6 Å². The van der Waals surface area contributed by atoms with Crippen LogP contribution in [-0.2, 0) is 4.74 Å². The van der Waals surface area contributed by atoms with Crippen molar-refractivity contribution in [3.05, 3.63) is 11.5 Å². The minimum atomic E-state index is -0.483. The van der Waals surface area contributed by atoms with E-state index in [0.29, 0.717) is 5.82 Å². The van der Waals surface area contributed by atoms with Crippen LogP contribution in [0.1, 0.15) is 49.0 Å². The molecule has 0 radical (unpaired) electrons. The van der Waals surface area contributed by atoms with Crippen LogP contribution < -0.4 is 5.73 Å². The fourth-order valence-electron chi connectivity index (χ4n) is 1.91. The number of methoxy groups -OCH3 is 1. The third-order valence-corrected chi connectivity index (χ3v) is 2.65. The van der Waals surface area contributed by atoms with Gasteiger partial charge in [0, 0.05) is 6.04 Å². The molecular weight excluding hydrogens is 206 g/mol. The monoisotopic (exact) mass is 225 g/mol. The molecule has 2 N–H and O–H groups in total. The SMILES string of the molecule is CCCC(C)n1c(C)nc(C(=O)OC)c1N. The number of rotatable bonds is 4. The first-order valence-corrected chi connectivity index (χ1v) is 5.45. The van der Waals surface area contributed by atoms with Crippen LogP contribution in [0.3, 0.4) is 0 Å². The summed E-state index contributed by atoms with van der Waals surface area (Å²) in [6, 6.07) is 0.246. The molecule has 1 rings (SSSR count). The van der Waals surface area contributed by atoms with Gasteiger partial charge in [0.25, 0.3) is 0 Å². The van der Waals surface area contributed by atoms with Crippen molar-refractivity contribution in [3.63, 3.8) is 0 Å². The van der Waals surface area contributed by atoms with E-state index in [2.05, 4.69) is 23.6 Å². The standard InChI is InChI=1S/C11H19N3O2/c1-5-6-7(2)14-8(3)13-9(10(14)12)11(15)16-4/h7H,5-6,12H2,1-4H3. The predicted octanol–water partition coefficient (Wildman–Crippen LogP) is 1.92. The third-order valence-electron chi connectivity index (χ3n) is 2.65. The molecule has 1 aromatic heterocycles. The summed E-state index contributed by atoms with van der Waals surface area (Å²) in [7, 11) is 1.32. The van der Waals surface area contributed by atoms with E-state index in [9.17, 15) is 4.79 Å². The van der Waals surface area contributed by atoms with E-state index in [1.165, 1.54) is 7.11 Å². The lowest BCUT2D eigenvalue weighted by Gasteiger charge is -2.15. The number of carbonyl (C=O) groups excluding carboxylic acids is 1. The molecule has 0 fully saturated rings. The molecule has 0 aliphatic heterocycles. The second kappa shape index (κ2) is 5.01. The molecule has 0 spiro atoms. The molecule has 0 amide bonds. The molecule has 5 nitrogen and oxygen atoms in total. The minimum absolute atomic E-state index is 0.211. The van der Waals surface area contributed by atoms with Crippen molar-refractivity contribution in [2.45, 2.75) is 39.7 Å². The van der Waals surface area contributed by atoms with Gasteiger partial charge in [-0.3, -0.25) is 0 Å². The highest BCUT2D eigenvalue weighted by molar-refractivity contribution is 5.92. The van der Waals surface area contributed by atoms with Crippen molar-refractivity contribution in [2.75, 3.05) is 12.8 Å². The van der Waals surface area contributed by atoms with Crippen LogP contribution in [0.2, 0.25) is 0 Å². The Balaban J connectivity index is 3.11. The minimum Gasteiger partial charge on any atom is -0.464 e.